The van der Waals surface area contributed by atoms with Crippen LogP contribution in [-0.2, 0) is 4.74 Å². The Morgan fingerprint density at radius 2 is 1.74 bits per heavy atom. The summed E-state index contributed by atoms with van der Waals surface area (Å²) in [6.07, 6.45) is 2.86. The highest BCUT2D eigenvalue weighted by atomic mass is 35.5. The van der Waals surface area contributed by atoms with Gasteiger partial charge >= 0.3 is 0 Å². The Kier molecular flexibility index (Phi) is 8.58. The molecule has 1 aliphatic heterocycles. The van der Waals surface area contributed by atoms with E-state index in [1.165, 1.54) is 0 Å². The van der Waals surface area contributed by atoms with Crippen LogP contribution in [0.2, 0.25) is 0 Å². The normalized spacial score (nSPS) is 14.5. The molecular formula is C21H27ClN2O3. The van der Waals surface area contributed by atoms with Gasteiger partial charge in [0.15, 0.2) is 0 Å². The van der Waals surface area contributed by atoms with Gasteiger partial charge in [-0.25, -0.2) is 0 Å². The van der Waals surface area contributed by atoms with E-state index in [0.717, 1.165) is 38.1 Å². The first-order valence-electron chi connectivity index (χ1n) is 9.20. The van der Waals surface area contributed by atoms with Crippen molar-refractivity contribution in [3.8, 4) is 11.5 Å². The minimum atomic E-state index is 0. The highest BCUT2D eigenvalue weighted by Gasteiger charge is 2.24. The molecule has 1 heterocycles. The van der Waals surface area contributed by atoms with Crippen molar-refractivity contribution in [2.45, 2.75) is 25.4 Å². The molecule has 27 heavy (non-hydrogen) atoms. The maximum absolute atomic E-state index is 12.8. The summed E-state index contributed by atoms with van der Waals surface area (Å²) in [7, 11) is 0. The molecule has 146 valence electrons. The SMILES string of the molecule is Cl.NCCCOC1CCN(C(=O)c2cccc(Oc3ccccc3)c2)CC1. The quantitative estimate of drug-likeness (QED) is 0.729. The maximum Gasteiger partial charge on any atom is 0.253 e. The van der Waals surface area contributed by atoms with E-state index in [9.17, 15) is 4.79 Å². The molecule has 0 bridgehead atoms. The maximum atomic E-state index is 12.8. The molecule has 0 atom stereocenters. The van der Waals surface area contributed by atoms with Crippen LogP contribution in [0, 0.1) is 0 Å². The lowest BCUT2D eigenvalue weighted by molar-refractivity contribution is 0.00844. The first kappa shape index (κ1) is 21.2. The molecule has 0 aromatic heterocycles. The number of para-hydroxylation sites is 1. The molecule has 2 aromatic rings. The Balaban J connectivity index is 0.00000261. The number of carbonyl (C=O) groups excluding carboxylic acids is 1. The topological polar surface area (TPSA) is 64.8 Å². The third kappa shape index (κ3) is 6.24. The van der Waals surface area contributed by atoms with Gasteiger partial charge in [0, 0.05) is 25.3 Å². The molecule has 6 heteroatoms. The average molecular weight is 391 g/mol. The number of rotatable bonds is 7. The van der Waals surface area contributed by atoms with Crippen molar-refractivity contribution in [3.05, 3.63) is 60.2 Å². The van der Waals surface area contributed by atoms with E-state index in [1.54, 1.807) is 6.07 Å². The zero-order chi connectivity index (χ0) is 18.2. The number of amides is 1. The Labute approximate surface area is 166 Å². The van der Waals surface area contributed by atoms with Crippen LogP contribution in [-0.4, -0.2) is 43.2 Å². The number of halogens is 1. The first-order chi connectivity index (χ1) is 12.8. The van der Waals surface area contributed by atoms with Crippen LogP contribution < -0.4 is 10.5 Å². The van der Waals surface area contributed by atoms with Gasteiger partial charge in [-0.05, 0) is 56.1 Å². The molecule has 0 saturated carbocycles. The summed E-state index contributed by atoms with van der Waals surface area (Å²) < 4.78 is 11.6. The summed E-state index contributed by atoms with van der Waals surface area (Å²) in [6.45, 7) is 2.79. The van der Waals surface area contributed by atoms with Gasteiger partial charge in [0.2, 0.25) is 0 Å². The van der Waals surface area contributed by atoms with E-state index in [2.05, 4.69) is 0 Å². The Morgan fingerprint density at radius 1 is 1.04 bits per heavy atom. The minimum Gasteiger partial charge on any atom is -0.457 e. The molecule has 1 saturated heterocycles. The zero-order valence-electron chi connectivity index (χ0n) is 15.4. The average Bonchev–Trinajstić information content (AvgIpc) is 2.69. The number of benzene rings is 2. The number of nitrogens with two attached hydrogens (primary N) is 1. The molecule has 1 amide bonds. The van der Waals surface area contributed by atoms with Crippen LogP contribution in [0.25, 0.3) is 0 Å². The van der Waals surface area contributed by atoms with Crippen LogP contribution in [0.5, 0.6) is 11.5 Å². The van der Waals surface area contributed by atoms with Crippen molar-refractivity contribution >= 4 is 18.3 Å². The summed E-state index contributed by atoms with van der Waals surface area (Å²) >= 11 is 0. The van der Waals surface area contributed by atoms with Crippen LogP contribution >= 0.6 is 12.4 Å². The van der Waals surface area contributed by atoms with Crippen LogP contribution in [0.3, 0.4) is 0 Å². The number of hydrogen-bond donors (Lipinski definition) is 1. The monoisotopic (exact) mass is 390 g/mol. The molecule has 0 spiro atoms. The fourth-order valence-electron chi connectivity index (χ4n) is 3.06. The van der Waals surface area contributed by atoms with Gasteiger partial charge < -0.3 is 20.1 Å². The van der Waals surface area contributed by atoms with E-state index < -0.39 is 0 Å². The molecule has 3 rings (SSSR count). The number of hydrogen-bond acceptors (Lipinski definition) is 4. The zero-order valence-corrected chi connectivity index (χ0v) is 16.2. The smallest absolute Gasteiger partial charge is 0.253 e. The second-order valence-corrected chi connectivity index (χ2v) is 6.45. The molecule has 0 aliphatic carbocycles. The standard InChI is InChI=1S/C21H26N2O3.ClH/c22-12-5-15-25-18-10-13-23(14-11-18)21(24)17-6-4-9-20(16-17)26-19-7-2-1-3-8-19;/h1-4,6-9,16,18H,5,10-15,22H2;1H. The van der Waals surface area contributed by atoms with Gasteiger partial charge in [-0.1, -0.05) is 24.3 Å². The largest absolute Gasteiger partial charge is 0.457 e. The number of ether oxygens (including phenoxy) is 2. The van der Waals surface area contributed by atoms with Crippen molar-refractivity contribution in [1.29, 1.82) is 0 Å². The van der Waals surface area contributed by atoms with Gasteiger partial charge in [-0.15, -0.1) is 12.4 Å². The molecule has 2 aromatic carbocycles. The molecule has 1 fully saturated rings. The molecule has 2 N–H and O–H groups in total. The Bertz CT molecular complexity index is 704. The summed E-state index contributed by atoms with van der Waals surface area (Å²) in [5.41, 5.74) is 6.14. The van der Waals surface area contributed by atoms with E-state index in [-0.39, 0.29) is 24.4 Å². The Morgan fingerprint density at radius 3 is 2.44 bits per heavy atom. The second-order valence-electron chi connectivity index (χ2n) is 6.45. The molecule has 0 unspecified atom stereocenters. The van der Waals surface area contributed by atoms with Crippen molar-refractivity contribution < 1.29 is 14.3 Å². The molecule has 5 nitrogen and oxygen atoms in total. The fraction of sp³-hybridized carbons (Fsp3) is 0.381. The molecule has 0 radical (unpaired) electrons. The third-order valence-corrected chi connectivity index (χ3v) is 4.49. The van der Waals surface area contributed by atoms with E-state index in [1.807, 2.05) is 53.4 Å². The summed E-state index contributed by atoms with van der Waals surface area (Å²) in [5.74, 6) is 1.47. The van der Waals surface area contributed by atoms with Gasteiger partial charge in [-0.3, -0.25) is 4.79 Å². The highest BCUT2D eigenvalue weighted by Crippen LogP contribution is 2.23. The van der Waals surface area contributed by atoms with Crippen molar-refractivity contribution in [3.63, 3.8) is 0 Å². The third-order valence-electron chi connectivity index (χ3n) is 4.49. The van der Waals surface area contributed by atoms with E-state index >= 15 is 0 Å². The number of carbonyl (C=O) groups is 1. The van der Waals surface area contributed by atoms with Crippen molar-refractivity contribution in [2.24, 2.45) is 5.73 Å². The lowest BCUT2D eigenvalue weighted by Crippen LogP contribution is -2.41. The van der Waals surface area contributed by atoms with Gasteiger partial charge in [0.1, 0.15) is 11.5 Å². The van der Waals surface area contributed by atoms with E-state index in [0.29, 0.717) is 24.5 Å². The predicted molar refractivity (Wildman–Crippen MR) is 109 cm³/mol. The highest BCUT2D eigenvalue weighted by molar-refractivity contribution is 5.94. The summed E-state index contributed by atoms with van der Waals surface area (Å²) in [5, 5.41) is 0. The lowest BCUT2D eigenvalue weighted by Gasteiger charge is -2.32. The molecule has 1 aliphatic rings. The number of piperidine rings is 1. The van der Waals surface area contributed by atoms with Gasteiger partial charge in [0.25, 0.3) is 5.91 Å². The summed E-state index contributed by atoms with van der Waals surface area (Å²) in [4.78, 5) is 14.7. The van der Waals surface area contributed by atoms with E-state index in [4.69, 9.17) is 15.2 Å². The number of likely N-dealkylation sites (tertiary alicyclic amines) is 1. The number of nitrogens with zero attached hydrogens (tertiary/aromatic N) is 1. The van der Waals surface area contributed by atoms with Crippen LogP contribution in [0.15, 0.2) is 54.6 Å². The summed E-state index contributed by atoms with van der Waals surface area (Å²) in [6, 6.07) is 16.9. The second kappa shape index (κ2) is 10.9. The van der Waals surface area contributed by atoms with Gasteiger partial charge in [0.05, 0.1) is 6.10 Å². The van der Waals surface area contributed by atoms with Crippen molar-refractivity contribution in [2.75, 3.05) is 26.2 Å². The van der Waals surface area contributed by atoms with Crippen LogP contribution in [0.4, 0.5) is 0 Å². The lowest BCUT2D eigenvalue weighted by atomic mass is 10.1. The predicted octanol–water partition coefficient (Wildman–Crippen LogP) is 3.87. The van der Waals surface area contributed by atoms with Crippen LogP contribution in [0.1, 0.15) is 29.6 Å². The van der Waals surface area contributed by atoms with Crippen molar-refractivity contribution in [1.82, 2.24) is 4.90 Å². The molecular weight excluding hydrogens is 364 g/mol. The minimum absolute atomic E-state index is 0. The van der Waals surface area contributed by atoms with Gasteiger partial charge in [-0.2, -0.15) is 0 Å². The first-order valence-corrected chi connectivity index (χ1v) is 9.20. The Hall–Kier alpha value is -2.08. The fourth-order valence-corrected chi connectivity index (χ4v) is 3.06.